The number of aromatic nitrogens is 2. The van der Waals surface area contributed by atoms with Crippen molar-refractivity contribution in [2.45, 2.75) is 33.0 Å². The predicted octanol–water partition coefficient (Wildman–Crippen LogP) is 5.32. The molecule has 0 aliphatic rings. The van der Waals surface area contributed by atoms with Gasteiger partial charge >= 0.3 is 12.2 Å². The van der Waals surface area contributed by atoms with Gasteiger partial charge in [-0.05, 0) is 43.2 Å². The third kappa shape index (κ3) is 6.51. The van der Waals surface area contributed by atoms with E-state index in [1.807, 2.05) is 31.2 Å². The van der Waals surface area contributed by atoms with Crippen LogP contribution in [0.25, 0.3) is 10.6 Å². The first kappa shape index (κ1) is 24.2. The van der Waals surface area contributed by atoms with E-state index in [1.165, 1.54) is 11.3 Å². The molecule has 3 N–H and O–H groups in total. The molecule has 3 rings (SSSR count). The van der Waals surface area contributed by atoms with Crippen LogP contribution in [0.5, 0.6) is 0 Å². The Balaban J connectivity index is 1.63. The third-order valence-corrected chi connectivity index (χ3v) is 5.51. The van der Waals surface area contributed by atoms with Gasteiger partial charge in [0.25, 0.3) is 0 Å². The quantitative estimate of drug-likeness (QED) is 0.448. The Labute approximate surface area is 192 Å². The molecule has 1 heterocycles. The van der Waals surface area contributed by atoms with Gasteiger partial charge in [-0.15, -0.1) is 10.2 Å². The lowest BCUT2D eigenvalue weighted by Crippen LogP contribution is -2.48. The zero-order valence-electron chi connectivity index (χ0n) is 18.0. The number of halogens is 3. The number of aryl methyl sites for hydroxylation is 1. The molecule has 1 aromatic heterocycles. The number of carbonyl (C=O) groups excluding carboxylic acids is 2. The molecule has 1 atom stereocenters. The topological polar surface area (TPSA) is 96.0 Å². The third-order valence-electron chi connectivity index (χ3n) is 4.63. The average Bonchev–Trinajstić information content (AvgIpc) is 3.20. The van der Waals surface area contributed by atoms with E-state index >= 15 is 0 Å². The molecule has 3 aromatic rings. The molecule has 0 aliphatic carbocycles. The Morgan fingerprint density at radius 2 is 1.70 bits per heavy atom. The zero-order valence-corrected chi connectivity index (χ0v) is 18.8. The summed E-state index contributed by atoms with van der Waals surface area (Å²) in [7, 11) is 0. The molecular formula is C22H22F3N5O2S. The number of anilines is 2. The number of urea groups is 1. The number of nitrogens with one attached hydrogen (secondary N) is 3. The van der Waals surface area contributed by atoms with E-state index in [2.05, 4.69) is 26.1 Å². The van der Waals surface area contributed by atoms with E-state index in [4.69, 9.17) is 0 Å². The fourth-order valence-electron chi connectivity index (χ4n) is 2.94. The minimum atomic E-state index is -4.47. The van der Waals surface area contributed by atoms with Crippen molar-refractivity contribution in [3.63, 3.8) is 0 Å². The minimum absolute atomic E-state index is 0.162. The van der Waals surface area contributed by atoms with E-state index in [1.54, 1.807) is 13.8 Å². The summed E-state index contributed by atoms with van der Waals surface area (Å²) in [5, 5.41) is 16.7. The maximum atomic E-state index is 12.8. The Morgan fingerprint density at radius 3 is 2.30 bits per heavy atom. The maximum absolute atomic E-state index is 12.8. The normalized spacial score (nSPS) is 12.3. The van der Waals surface area contributed by atoms with E-state index in [0.717, 1.165) is 35.4 Å². The molecule has 3 amide bonds. The number of hydrogen-bond acceptors (Lipinski definition) is 5. The van der Waals surface area contributed by atoms with Gasteiger partial charge in [0.1, 0.15) is 11.0 Å². The second-order valence-corrected chi connectivity index (χ2v) is 8.64. The van der Waals surface area contributed by atoms with Crippen LogP contribution in [0.2, 0.25) is 0 Å². The molecule has 11 heteroatoms. The number of nitrogens with zero attached hydrogens (tertiary/aromatic N) is 2. The SMILES string of the molecule is Cc1cccc(-c2nnc(NC(=O)C(NC(=O)Nc3ccc(C(F)(F)F)cc3)C(C)C)s2)c1. The molecule has 0 saturated carbocycles. The highest BCUT2D eigenvalue weighted by Gasteiger charge is 2.30. The molecular weight excluding hydrogens is 455 g/mol. The van der Waals surface area contributed by atoms with Gasteiger partial charge < -0.3 is 10.6 Å². The molecule has 33 heavy (non-hydrogen) atoms. The highest BCUT2D eigenvalue weighted by Crippen LogP contribution is 2.30. The Bertz CT molecular complexity index is 1130. The van der Waals surface area contributed by atoms with Crippen LogP contribution in [-0.2, 0) is 11.0 Å². The van der Waals surface area contributed by atoms with Crippen molar-refractivity contribution in [3.05, 3.63) is 59.7 Å². The molecule has 0 aliphatic heterocycles. The van der Waals surface area contributed by atoms with Crippen LogP contribution in [-0.4, -0.2) is 28.2 Å². The Hall–Kier alpha value is -3.47. The largest absolute Gasteiger partial charge is 0.416 e. The first-order valence-corrected chi connectivity index (χ1v) is 10.8. The summed E-state index contributed by atoms with van der Waals surface area (Å²) in [6, 6.07) is 10.1. The van der Waals surface area contributed by atoms with Crippen molar-refractivity contribution in [2.24, 2.45) is 5.92 Å². The van der Waals surface area contributed by atoms with E-state index < -0.39 is 29.7 Å². The summed E-state index contributed by atoms with van der Waals surface area (Å²) < 4.78 is 38.0. The number of hydrogen-bond donors (Lipinski definition) is 3. The number of alkyl halides is 3. The fourth-order valence-corrected chi connectivity index (χ4v) is 3.68. The van der Waals surface area contributed by atoms with Crippen LogP contribution < -0.4 is 16.0 Å². The summed E-state index contributed by atoms with van der Waals surface area (Å²) >= 11 is 1.20. The van der Waals surface area contributed by atoms with Crippen LogP contribution in [0.4, 0.5) is 28.8 Å². The highest BCUT2D eigenvalue weighted by molar-refractivity contribution is 7.18. The lowest BCUT2D eigenvalue weighted by atomic mass is 10.0. The van der Waals surface area contributed by atoms with Gasteiger partial charge in [0.05, 0.1) is 5.56 Å². The fraction of sp³-hybridized carbons (Fsp3) is 0.273. The van der Waals surface area contributed by atoms with Crippen molar-refractivity contribution in [1.29, 1.82) is 0 Å². The predicted molar refractivity (Wildman–Crippen MR) is 121 cm³/mol. The zero-order chi connectivity index (χ0) is 24.2. The standard InChI is InChI=1S/C22H22F3N5O2S/c1-12(2)17(27-20(32)26-16-9-7-15(8-10-16)22(23,24)25)18(31)28-21-30-29-19(33-21)14-6-4-5-13(3)11-14/h4-12,17H,1-3H3,(H2,26,27,32)(H,28,30,31). The summed E-state index contributed by atoms with van der Waals surface area (Å²) in [6.45, 7) is 5.46. The molecule has 174 valence electrons. The van der Waals surface area contributed by atoms with Gasteiger partial charge in [0.2, 0.25) is 11.0 Å². The molecule has 0 bridgehead atoms. The van der Waals surface area contributed by atoms with Gasteiger partial charge in [-0.3, -0.25) is 10.1 Å². The van der Waals surface area contributed by atoms with Crippen LogP contribution in [0.15, 0.2) is 48.5 Å². The van der Waals surface area contributed by atoms with Gasteiger partial charge in [-0.25, -0.2) is 4.79 Å². The molecule has 0 saturated heterocycles. The van der Waals surface area contributed by atoms with Crippen molar-refractivity contribution >= 4 is 34.1 Å². The van der Waals surface area contributed by atoms with E-state index in [0.29, 0.717) is 5.01 Å². The summed E-state index contributed by atoms with van der Waals surface area (Å²) in [5.74, 6) is -0.757. The van der Waals surface area contributed by atoms with Crippen LogP contribution in [0.1, 0.15) is 25.0 Å². The lowest BCUT2D eigenvalue weighted by molar-refractivity contribution is -0.137. The Kier molecular flexibility index (Phi) is 7.32. The van der Waals surface area contributed by atoms with Crippen LogP contribution in [0, 0.1) is 12.8 Å². The highest BCUT2D eigenvalue weighted by atomic mass is 32.1. The number of carbonyl (C=O) groups is 2. The van der Waals surface area contributed by atoms with Crippen molar-refractivity contribution in [1.82, 2.24) is 15.5 Å². The number of benzene rings is 2. The molecule has 2 aromatic carbocycles. The first-order chi connectivity index (χ1) is 15.5. The minimum Gasteiger partial charge on any atom is -0.326 e. The summed E-state index contributed by atoms with van der Waals surface area (Å²) in [6.07, 6.45) is -4.47. The molecule has 7 nitrogen and oxygen atoms in total. The molecule has 1 unspecified atom stereocenters. The van der Waals surface area contributed by atoms with E-state index in [9.17, 15) is 22.8 Å². The second-order valence-electron chi connectivity index (χ2n) is 7.67. The van der Waals surface area contributed by atoms with Gasteiger partial charge in [-0.2, -0.15) is 13.2 Å². The molecule has 0 fully saturated rings. The number of amides is 3. The van der Waals surface area contributed by atoms with Crippen LogP contribution in [0.3, 0.4) is 0 Å². The Morgan fingerprint density at radius 1 is 1.00 bits per heavy atom. The van der Waals surface area contributed by atoms with Crippen LogP contribution >= 0.6 is 11.3 Å². The molecule has 0 radical (unpaired) electrons. The maximum Gasteiger partial charge on any atom is 0.416 e. The molecule has 0 spiro atoms. The first-order valence-electron chi connectivity index (χ1n) is 9.99. The van der Waals surface area contributed by atoms with Gasteiger partial charge in [0, 0.05) is 11.3 Å². The smallest absolute Gasteiger partial charge is 0.326 e. The number of rotatable bonds is 6. The van der Waals surface area contributed by atoms with Gasteiger partial charge in [-0.1, -0.05) is 48.9 Å². The van der Waals surface area contributed by atoms with E-state index in [-0.39, 0.29) is 16.7 Å². The second kappa shape index (κ2) is 9.99. The van der Waals surface area contributed by atoms with Gasteiger partial charge in [0.15, 0.2) is 0 Å². The summed E-state index contributed by atoms with van der Waals surface area (Å²) in [4.78, 5) is 25.1. The monoisotopic (exact) mass is 477 g/mol. The summed E-state index contributed by atoms with van der Waals surface area (Å²) in [5.41, 5.74) is 1.28. The average molecular weight is 478 g/mol. The lowest BCUT2D eigenvalue weighted by Gasteiger charge is -2.21. The van der Waals surface area contributed by atoms with Crippen molar-refractivity contribution in [2.75, 3.05) is 10.6 Å². The van der Waals surface area contributed by atoms with Crippen molar-refractivity contribution in [3.8, 4) is 10.6 Å². The van der Waals surface area contributed by atoms with Crippen molar-refractivity contribution < 1.29 is 22.8 Å².